The van der Waals surface area contributed by atoms with Gasteiger partial charge in [-0.1, -0.05) is 23.5 Å². The molecule has 2 aromatic carbocycles. The molecule has 116 valence electrons. The maximum Gasteiger partial charge on any atom is 0.161 e. The Morgan fingerprint density at radius 3 is 1.38 bits per heavy atom. The van der Waals surface area contributed by atoms with E-state index in [4.69, 9.17) is 0 Å². The molecule has 0 saturated heterocycles. The summed E-state index contributed by atoms with van der Waals surface area (Å²) in [7, 11) is 0. The average Bonchev–Trinajstić information content (AvgIpc) is 2.57. The van der Waals surface area contributed by atoms with Crippen molar-refractivity contribution in [3.05, 3.63) is 46.5 Å². The first-order valence-corrected chi connectivity index (χ1v) is 8.61. The molecule has 2 aromatic rings. The van der Waals surface area contributed by atoms with Crippen molar-refractivity contribution >= 4 is 35.1 Å². The van der Waals surface area contributed by atoms with Gasteiger partial charge in [-0.3, -0.25) is 9.59 Å². The number of nitriles is 2. The van der Waals surface area contributed by atoms with Gasteiger partial charge in [0.1, 0.15) is 0 Å². The van der Waals surface area contributed by atoms with E-state index < -0.39 is 0 Å². The highest BCUT2D eigenvalue weighted by Gasteiger charge is 2.23. The van der Waals surface area contributed by atoms with Gasteiger partial charge in [0.25, 0.3) is 0 Å². The van der Waals surface area contributed by atoms with Crippen LogP contribution in [0.4, 0.5) is 0 Å². The molecule has 24 heavy (non-hydrogen) atoms. The normalized spacial score (nSPS) is 11.7. The standard InChI is InChI=1S/C18H10N2O2S2/c1-9(21)13-5-17-15(3-11(13)7-19)24-18-6-14(10(2)22)12(8-20)4-16(18)23-17/h3-6H,1-2H3. The summed E-state index contributed by atoms with van der Waals surface area (Å²) in [4.78, 5) is 26.9. The van der Waals surface area contributed by atoms with Gasteiger partial charge in [-0.15, -0.1) is 0 Å². The van der Waals surface area contributed by atoms with E-state index >= 15 is 0 Å². The number of carbonyl (C=O) groups excluding carboxylic acids is 2. The Hall–Kier alpha value is -2.54. The second kappa shape index (κ2) is 6.16. The Kier molecular flexibility index (Phi) is 4.19. The lowest BCUT2D eigenvalue weighted by Crippen LogP contribution is -2.02. The molecule has 1 aliphatic heterocycles. The highest BCUT2D eigenvalue weighted by atomic mass is 32.2. The summed E-state index contributed by atoms with van der Waals surface area (Å²) in [5, 5.41) is 18.5. The number of nitrogens with zero attached hydrogens (tertiary/aromatic N) is 2. The second-order valence-electron chi connectivity index (χ2n) is 5.23. The molecule has 0 amide bonds. The number of ketones is 2. The van der Waals surface area contributed by atoms with Crippen molar-refractivity contribution in [2.75, 3.05) is 0 Å². The van der Waals surface area contributed by atoms with Gasteiger partial charge in [0, 0.05) is 30.7 Å². The molecular weight excluding hydrogens is 340 g/mol. The Bertz CT molecular complexity index is 916. The maximum atomic E-state index is 11.7. The molecule has 4 nitrogen and oxygen atoms in total. The lowest BCUT2D eigenvalue weighted by atomic mass is 10.1. The van der Waals surface area contributed by atoms with E-state index in [1.807, 2.05) is 0 Å². The number of hydrogen-bond acceptors (Lipinski definition) is 6. The largest absolute Gasteiger partial charge is 0.294 e. The summed E-state index contributed by atoms with van der Waals surface area (Å²) in [6, 6.07) is 11.0. The van der Waals surface area contributed by atoms with Crippen LogP contribution in [0.25, 0.3) is 0 Å². The zero-order chi connectivity index (χ0) is 17.4. The van der Waals surface area contributed by atoms with Gasteiger partial charge in [-0.25, -0.2) is 0 Å². The predicted octanol–water partition coefficient (Wildman–Crippen LogP) is 4.45. The number of fused-ring (bicyclic) bond motifs is 2. The molecule has 1 aliphatic rings. The fourth-order valence-electron chi connectivity index (χ4n) is 2.44. The zero-order valence-electron chi connectivity index (χ0n) is 12.8. The van der Waals surface area contributed by atoms with Gasteiger partial charge in [0.2, 0.25) is 0 Å². The molecule has 0 atom stereocenters. The van der Waals surface area contributed by atoms with Crippen LogP contribution in [0.3, 0.4) is 0 Å². The third kappa shape index (κ3) is 2.71. The molecule has 1 heterocycles. The lowest BCUT2D eigenvalue weighted by molar-refractivity contribution is 0.100. The summed E-state index contributed by atoms with van der Waals surface area (Å²) in [5.74, 6) is -0.314. The fraction of sp³-hybridized carbons (Fsp3) is 0.111. The fourth-order valence-corrected chi connectivity index (χ4v) is 4.76. The van der Waals surface area contributed by atoms with Crippen LogP contribution in [-0.2, 0) is 0 Å². The topological polar surface area (TPSA) is 81.7 Å². The first-order valence-electron chi connectivity index (χ1n) is 6.98. The van der Waals surface area contributed by atoms with Gasteiger partial charge in [0.15, 0.2) is 11.6 Å². The van der Waals surface area contributed by atoms with E-state index in [2.05, 4.69) is 12.1 Å². The van der Waals surface area contributed by atoms with E-state index in [1.165, 1.54) is 37.4 Å². The monoisotopic (exact) mass is 350 g/mol. The first-order chi connectivity index (χ1) is 11.4. The average molecular weight is 350 g/mol. The SMILES string of the molecule is CC(=O)c1cc2c(cc1C#N)Sc1cc(C(C)=O)c(C#N)cc1S2. The highest BCUT2D eigenvalue weighted by molar-refractivity contribution is 8.05. The molecule has 0 aromatic heterocycles. The molecule has 0 N–H and O–H groups in total. The van der Waals surface area contributed by atoms with Crippen LogP contribution in [-0.4, -0.2) is 11.6 Å². The number of Topliss-reactive ketones (excluding diaryl/α,β-unsaturated/α-hetero) is 2. The van der Waals surface area contributed by atoms with Crippen molar-refractivity contribution < 1.29 is 9.59 Å². The van der Waals surface area contributed by atoms with E-state index in [-0.39, 0.29) is 11.6 Å². The lowest BCUT2D eigenvalue weighted by Gasteiger charge is -2.20. The summed E-state index contributed by atoms with van der Waals surface area (Å²) >= 11 is 2.88. The summed E-state index contributed by atoms with van der Waals surface area (Å²) in [6.45, 7) is 2.87. The smallest absolute Gasteiger partial charge is 0.161 e. The Balaban J connectivity index is 2.15. The van der Waals surface area contributed by atoms with Crippen LogP contribution < -0.4 is 0 Å². The molecule has 0 radical (unpaired) electrons. The summed E-state index contributed by atoms with van der Waals surface area (Å²) in [6.07, 6.45) is 0. The van der Waals surface area contributed by atoms with Gasteiger partial charge < -0.3 is 0 Å². The van der Waals surface area contributed by atoms with Crippen molar-refractivity contribution in [1.29, 1.82) is 10.5 Å². The number of rotatable bonds is 2. The van der Waals surface area contributed by atoms with Crippen molar-refractivity contribution in [3.8, 4) is 12.1 Å². The summed E-state index contributed by atoms with van der Waals surface area (Å²) in [5.41, 5.74) is 1.48. The summed E-state index contributed by atoms with van der Waals surface area (Å²) < 4.78 is 0. The van der Waals surface area contributed by atoms with E-state index in [1.54, 1.807) is 24.3 Å². The van der Waals surface area contributed by atoms with Crippen molar-refractivity contribution in [2.24, 2.45) is 0 Å². The minimum Gasteiger partial charge on any atom is -0.294 e. The van der Waals surface area contributed by atoms with Gasteiger partial charge in [-0.05, 0) is 38.1 Å². The van der Waals surface area contributed by atoms with Gasteiger partial charge in [0.05, 0.1) is 23.3 Å². The van der Waals surface area contributed by atoms with Gasteiger partial charge >= 0.3 is 0 Å². The third-order valence-electron chi connectivity index (χ3n) is 3.61. The van der Waals surface area contributed by atoms with Crippen LogP contribution >= 0.6 is 23.5 Å². The Morgan fingerprint density at radius 2 is 1.08 bits per heavy atom. The molecule has 0 spiro atoms. The Labute approximate surface area is 147 Å². The molecule has 3 rings (SSSR count). The second-order valence-corrected chi connectivity index (χ2v) is 7.40. The van der Waals surface area contributed by atoms with E-state index in [9.17, 15) is 20.1 Å². The minimum atomic E-state index is -0.157. The molecule has 0 bridgehead atoms. The number of benzene rings is 2. The maximum absolute atomic E-state index is 11.7. The molecule has 0 aliphatic carbocycles. The van der Waals surface area contributed by atoms with Crippen molar-refractivity contribution in [3.63, 3.8) is 0 Å². The third-order valence-corrected chi connectivity index (χ3v) is 6.10. The van der Waals surface area contributed by atoms with Crippen LogP contribution in [0.5, 0.6) is 0 Å². The highest BCUT2D eigenvalue weighted by Crippen LogP contribution is 2.50. The van der Waals surface area contributed by atoms with Crippen LogP contribution in [0.2, 0.25) is 0 Å². The molecule has 0 fully saturated rings. The van der Waals surface area contributed by atoms with Crippen LogP contribution in [0.1, 0.15) is 45.7 Å². The van der Waals surface area contributed by atoms with Crippen LogP contribution in [0.15, 0.2) is 43.8 Å². The van der Waals surface area contributed by atoms with Gasteiger partial charge in [-0.2, -0.15) is 10.5 Å². The zero-order valence-corrected chi connectivity index (χ0v) is 14.5. The molecule has 6 heteroatoms. The molecule has 0 saturated carbocycles. The van der Waals surface area contributed by atoms with Crippen molar-refractivity contribution in [2.45, 2.75) is 33.4 Å². The predicted molar refractivity (Wildman–Crippen MR) is 90.6 cm³/mol. The molecule has 0 unspecified atom stereocenters. The Morgan fingerprint density at radius 1 is 0.750 bits per heavy atom. The van der Waals surface area contributed by atoms with Crippen molar-refractivity contribution in [1.82, 2.24) is 0 Å². The van der Waals surface area contributed by atoms with Crippen LogP contribution in [0, 0.1) is 22.7 Å². The van der Waals surface area contributed by atoms with E-state index in [0.717, 1.165) is 19.6 Å². The van der Waals surface area contributed by atoms with E-state index in [0.29, 0.717) is 22.3 Å². The first kappa shape index (κ1) is 16.3. The quantitative estimate of drug-likeness (QED) is 0.635. The molecular formula is C18H10N2O2S2. The number of hydrogen-bond donors (Lipinski definition) is 0. The number of carbonyl (C=O) groups is 2. The minimum absolute atomic E-state index is 0.157.